The summed E-state index contributed by atoms with van der Waals surface area (Å²) in [6.45, 7) is 0.391. The maximum Gasteiger partial charge on any atom is 0.253 e. The molecule has 8 heteroatoms. The van der Waals surface area contributed by atoms with E-state index >= 15 is 0 Å². The maximum atomic E-state index is 12.8. The van der Waals surface area contributed by atoms with E-state index in [0.29, 0.717) is 6.54 Å². The topological polar surface area (TPSA) is 66.9 Å². The van der Waals surface area contributed by atoms with Gasteiger partial charge in [0.2, 0.25) is 10.0 Å². The molecule has 0 atom stereocenters. The normalized spacial score (nSPS) is 11.5. The Labute approximate surface area is 162 Å². The molecular weight excluding hydrogens is 420 g/mol. The molecule has 0 aliphatic carbocycles. The molecule has 0 N–H and O–H groups in total. The molecule has 0 heterocycles. The molecule has 6 nitrogen and oxygen atoms in total. The van der Waals surface area contributed by atoms with Crippen LogP contribution >= 0.6 is 15.9 Å². The van der Waals surface area contributed by atoms with Crippen LogP contribution in [0.4, 0.5) is 0 Å². The average molecular weight is 441 g/mol. The first-order chi connectivity index (χ1) is 12.2. The predicted octanol–water partition coefficient (Wildman–Crippen LogP) is 2.98. The van der Waals surface area contributed by atoms with Crippen LogP contribution in [0.1, 0.15) is 15.9 Å². The predicted molar refractivity (Wildman–Crippen MR) is 104 cm³/mol. The lowest BCUT2D eigenvalue weighted by molar-refractivity contribution is 0.0784. The first-order valence-corrected chi connectivity index (χ1v) is 10.0. The molecule has 0 saturated carbocycles. The number of rotatable bonds is 6. The minimum Gasteiger partial charge on any atom is -0.495 e. The Morgan fingerprint density at radius 1 is 1.12 bits per heavy atom. The van der Waals surface area contributed by atoms with E-state index in [1.54, 1.807) is 13.1 Å². The van der Waals surface area contributed by atoms with Gasteiger partial charge in [-0.15, -0.1) is 0 Å². The Balaban J connectivity index is 2.36. The zero-order chi connectivity index (χ0) is 19.5. The number of benzene rings is 2. The molecule has 0 bridgehead atoms. The number of nitrogens with zero attached hydrogens (tertiary/aromatic N) is 2. The number of methoxy groups -OCH3 is 1. The summed E-state index contributed by atoms with van der Waals surface area (Å²) in [5.41, 5.74) is 1.23. The summed E-state index contributed by atoms with van der Waals surface area (Å²) in [5, 5.41) is 0. The van der Waals surface area contributed by atoms with Crippen molar-refractivity contribution in [2.75, 3.05) is 28.3 Å². The third-order valence-corrected chi connectivity index (χ3v) is 6.49. The molecule has 0 fully saturated rings. The largest absolute Gasteiger partial charge is 0.495 e. The van der Waals surface area contributed by atoms with Crippen molar-refractivity contribution in [2.45, 2.75) is 11.4 Å². The number of amides is 1. The van der Waals surface area contributed by atoms with Crippen molar-refractivity contribution in [2.24, 2.45) is 0 Å². The van der Waals surface area contributed by atoms with E-state index in [4.69, 9.17) is 4.74 Å². The van der Waals surface area contributed by atoms with Gasteiger partial charge in [0, 0.05) is 37.7 Å². The second-order valence-electron chi connectivity index (χ2n) is 5.91. The molecule has 0 radical (unpaired) electrons. The van der Waals surface area contributed by atoms with Gasteiger partial charge in [0.15, 0.2) is 0 Å². The van der Waals surface area contributed by atoms with Gasteiger partial charge in [0.05, 0.1) is 7.11 Å². The van der Waals surface area contributed by atoms with Crippen molar-refractivity contribution in [1.82, 2.24) is 9.21 Å². The summed E-state index contributed by atoms with van der Waals surface area (Å²) in [6, 6.07) is 12.0. The molecular formula is C18H21BrN2O4S. The lowest BCUT2D eigenvalue weighted by Gasteiger charge is -2.20. The summed E-state index contributed by atoms with van der Waals surface area (Å²) in [6.07, 6.45) is 0. The summed E-state index contributed by atoms with van der Waals surface area (Å²) in [5.74, 6) is -0.0812. The van der Waals surface area contributed by atoms with Gasteiger partial charge in [-0.3, -0.25) is 4.79 Å². The molecule has 0 unspecified atom stereocenters. The Bertz CT molecular complexity index is 913. The van der Waals surface area contributed by atoms with Crippen LogP contribution in [-0.2, 0) is 16.6 Å². The molecule has 0 saturated heterocycles. The van der Waals surface area contributed by atoms with Crippen LogP contribution in [0.5, 0.6) is 5.75 Å². The maximum absolute atomic E-state index is 12.8. The van der Waals surface area contributed by atoms with Gasteiger partial charge in [-0.05, 0) is 29.8 Å². The molecule has 0 aliphatic heterocycles. The van der Waals surface area contributed by atoms with E-state index in [-0.39, 0.29) is 22.1 Å². The van der Waals surface area contributed by atoms with Crippen LogP contribution in [0.3, 0.4) is 0 Å². The quantitative estimate of drug-likeness (QED) is 0.692. The van der Waals surface area contributed by atoms with Gasteiger partial charge in [0.1, 0.15) is 10.6 Å². The number of hydrogen-bond donors (Lipinski definition) is 0. The molecule has 2 rings (SSSR count). The molecule has 1 amide bonds. The molecule has 0 spiro atoms. The standard InChI is InChI=1S/C18H21BrN2O4S/c1-20(2)26(23,24)17-11-13(9-10-16(17)25-4)18(22)21(3)12-14-7-5-6-8-15(14)19/h5-11H,12H2,1-4H3. The van der Waals surface area contributed by atoms with Gasteiger partial charge in [-0.25, -0.2) is 12.7 Å². The van der Waals surface area contributed by atoms with Crippen LogP contribution < -0.4 is 4.74 Å². The van der Waals surface area contributed by atoms with Crippen molar-refractivity contribution >= 4 is 31.9 Å². The van der Waals surface area contributed by atoms with Gasteiger partial charge in [-0.2, -0.15) is 0 Å². The first kappa shape index (κ1) is 20.4. The van der Waals surface area contributed by atoms with Crippen molar-refractivity contribution in [3.8, 4) is 5.75 Å². The van der Waals surface area contributed by atoms with E-state index in [2.05, 4.69) is 15.9 Å². The third-order valence-electron chi connectivity index (χ3n) is 3.88. The highest BCUT2D eigenvalue weighted by Crippen LogP contribution is 2.27. The Hall–Kier alpha value is -1.90. The number of ether oxygens (including phenoxy) is 1. The first-order valence-electron chi connectivity index (χ1n) is 7.78. The Kier molecular flexibility index (Phi) is 6.44. The van der Waals surface area contributed by atoms with E-state index < -0.39 is 10.0 Å². The fourth-order valence-corrected chi connectivity index (χ4v) is 3.87. The molecule has 26 heavy (non-hydrogen) atoms. The average Bonchev–Trinajstić information content (AvgIpc) is 2.62. The molecule has 0 aromatic heterocycles. The SMILES string of the molecule is COc1ccc(C(=O)N(C)Cc2ccccc2Br)cc1S(=O)(=O)N(C)C. The second kappa shape index (κ2) is 8.20. The molecule has 2 aromatic carbocycles. The van der Waals surface area contributed by atoms with Crippen molar-refractivity contribution < 1.29 is 17.9 Å². The zero-order valence-electron chi connectivity index (χ0n) is 15.1. The number of carbonyl (C=O) groups is 1. The van der Waals surface area contributed by atoms with Crippen LogP contribution in [0.15, 0.2) is 51.8 Å². The van der Waals surface area contributed by atoms with E-state index in [9.17, 15) is 13.2 Å². The number of halogens is 1. The molecule has 140 valence electrons. The van der Waals surface area contributed by atoms with Crippen molar-refractivity contribution in [3.05, 3.63) is 58.1 Å². The Morgan fingerprint density at radius 2 is 1.77 bits per heavy atom. The highest BCUT2D eigenvalue weighted by Gasteiger charge is 2.24. The zero-order valence-corrected chi connectivity index (χ0v) is 17.5. The molecule has 0 aliphatic rings. The highest BCUT2D eigenvalue weighted by atomic mass is 79.9. The van der Waals surface area contributed by atoms with Gasteiger partial charge < -0.3 is 9.64 Å². The van der Waals surface area contributed by atoms with Crippen LogP contribution in [-0.4, -0.2) is 51.8 Å². The fourth-order valence-electron chi connectivity index (χ4n) is 2.38. The van der Waals surface area contributed by atoms with Crippen molar-refractivity contribution in [3.63, 3.8) is 0 Å². The van der Waals surface area contributed by atoms with E-state index in [1.807, 2.05) is 24.3 Å². The highest BCUT2D eigenvalue weighted by molar-refractivity contribution is 9.10. The fraction of sp³-hybridized carbons (Fsp3) is 0.278. The van der Waals surface area contributed by atoms with E-state index in [0.717, 1.165) is 14.3 Å². The lowest BCUT2D eigenvalue weighted by Crippen LogP contribution is -2.27. The monoisotopic (exact) mass is 440 g/mol. The van der Waals surface area contributed by atoms with Gasteiger partial charge in [-0.1, -0.05) is 34.1 Å². The minimum atomic E-state index is -3.74. The summed E-state index contributed by atoms with van der Waals surface area (Å²) in [4.78, 5) is 14.3. The summed E-state index contributed by atoms with van der Waals surface area (Å²) >= 11 is 3.46. The summed E-state index contributed by atoms with van der Waals surface area (Å²) in [7, 11) is 2.19. The third kappa shape index (κ3) is 4.25. The lowest BCUT2D eigenvalue weighted by atomic mass is 10.1. The van der Waals surface area contributed by atoms with Gasteiger partial charge in [0.25, 0.3) is 5.91 Å². The van der Waals surface area contributed by atoms with E-state index in [1.165, 1.54) is 38.2 Å². The van der Waals surface area contributed by atoms with Crippen LogP contribution in [0, 0.1) is 0 Å². The summed E-state index contributed by atoms with van der Waals surface area (Å²) < 4.78 is 32.2. The van der Waals surface area contributed by atoms with Crippen LogP contribution in [0.25, 0.3) is 0 Å². The van der Waals surface area contributed by atoms with Gasteiger partial charge >= 0.3 is 0 Å². The Morgan fingerprint density at radius 3 is 2.35 bits per heavy atom. The minimum absolute atomic E-state index is 0.0369. The molecule has 2 aromatic rings. The number of hydrogen-bond acceptors (Lipinski definition) is 4. The second-order valence-corrected chi connectivity index (χ2v) is 8.88. The number of sulfonamides is 1. The smallest absolute Gasteiger partial charge is 0.253 e. The number of carbonyl (C=O) groups excluding carboxylic acids is 1. The van der Waals surface area contributed by atoms with Crippen molar-refractivity contribution in [1.29, 1.82) is 0 Å². The van der Waals surface area contributed by atoms with Crippen LogP contribution in [0.2, 0.25) is 0 Å².